The third-order valence-corrected chi connectivity index (χ3v) is 10.5. The molecule has 2 aliphatic carbocycles. The van der Waals surface area contributed by atoms with E-state index in [1.165, 1.54) is 16.0 Å². The molecule has 1 amide bonds. The number of rotatable bonds is 7. The van der Waals surface area contributed by atoms with Crippen LogP contribution in [0.15, 0.2) is 23.9 Å². The van der Waals surface area contributed by atoms with E-state index in [9.17, 15) is 14.9 Å². The van der Waals surface area contributed by atoms with Crippen LogP contribution in [0.25, 0.3) is 11.5 Å². The van der Waals surface area contributed by atoms with Crippen LogP contribution in [0.1, 0.15) is 77.3 Å². The number of likely N-dealkylation sites (tertiary alicyclic amines) is 1. The average Bonchev–Trinajstić information content (AvgIpc) is 3.79. The average molecular weight is 683 g/mol. The van der Waals surface area contributed by atoms with Crippen molar-refractivity contribution >= 4 is 28.7 Å². The number of fused-ring (bicyclic) bond motifs is 2. The molecule has 5 heterocycles. The molecule has 241 valence electrons. The number of carbonyl (C=O) groups is 2. The second-order valence-corrected chi connectivity index (χ2v) is 13.2. The Bertz CT molecular complexity index is 1730. The third kappa shape index (κ3) is 5.87. The van der Waals surface area contributed by atoms with E-state index in [1.54, 1.807) is 18.3 Å². The molecular weight excluding hydrogens is 647 g/mol. The second kappa shape index (κ2) is 13.3. The number of nitrogens with zero attached hydrogens (tertiary/aromatic N) is 6. The first kappa shape index (κ1) is 32.3. The van der Waals surface area contributed by atoms with Crippen molar-refractivity contribution in [1.29, 1.82) is 5.26 Å². The predicted molar refractivity (Wildman–Crippen MR) is 165 cm³/mol. The van der Waals surface area contributed by atoms with Crippen molar-refractivity contribution in [3.63, 3.8) is 0 Å². The monoisotopic (exact) mass is 682 g/mol. The van der Waals surface area contributed by atoms with Gasteiger partial charge in [0.05, 0.1) is 25.0 Å². The maximum Gasteiger partial charge on any atom is 0.272 e. The van der Waals surface area contributed by atoms with Gasteiger partial charge in [-0.15, -0.1) is 10.4 Å². The number of aromatic nitrogens is 4. The van der Waals surface area contributed by atoms with E-state index in [0.717, 1.165) is 49.1 Å². The molecule has 3 aromatic heterocycles. The van der Waals surface area contributed by atoms with Crippen molar-refractivity contribution in [1.82, 2.24) is 30.0 Å². The Balaban J connectivity index is 0.00000372. The zero-order valence-corrected chi connectivity index (χ0v) is 27.5. The molecule has 2 atom stereocenters. The van der Waals surface area contributed by atoms with E-state index < -0.39 is 5.41 Å². The van der Waals surface area contributed by atoms with E-state index >= 15 is 0 Å². The summed E-state index contributed by atoms with van der Waals surface area (Å²) in [6.07, 6.45) is 8.09. The summed E-state index contributed by atoms with van der Waals surface area (Å²) in [6.45, 7) is 2.42. The Labute approximate surface area is 281 Å². The number of aryl methyl sites for hydroxylation is 1. The van der Waals surface area contributed by atoms with Gasteiger partial charge in [0, 0.05) is 46.4 Å². The Morgan fingerprint density at radius 3 is 2.80 bits per heavy atom. The number of Topliss-reactive ketones (excluding diaryl/α,β-unsaturated/α-hetero) is 1. The third-order valence-electron chi connectivity index (χ3n) is 9.52. The fraction of sp³-hybridized carbons (Fsp3) is 0.500. The molecule has 3 fully saturated rings. The van der Waals surface area contributed by atoms with Crippen LogP contribution >= 0.6 is 11.3 Å². The summed E-state index contributed by atoms with van der Waals surface area (Å²) in [6, 6.07) is 5.79. The molecule has 3 aromatic rings. The van der Waals surface area contributed by atoms with Crippen molar-refractivity contribution in [2.75, 3.05) is 33.4 Å². The molecule has 1 spiro atoms. The molecule has 1 saturated carbocycles. The first-order valence-corrected chi connectivity index (χ1v) is 16.3. The maximum absolute atomic E-state index is 14.4. The summed E-state index contributed by atoms with van der Waals surface area (Å²) in [5, 5.41) is 20.3. The number of hydrogen-bond donors (Lipinski definition) is 2. The van der Waals surface area contributed by atoms with E-state index in [2.05, 4.69) is 38.8 Å². The van der Waals surface area contributed by atoms with Gasteiger partial charge < -0.3 is 25.4 Å². The SMILES string of the molecule is CN1CCC[C@H]1COc1cc(-n2ccc(C(=O)NC3COC3)n2)nc(/C(N)=C2\CCC[C@@]3(CCCc4s[c-]c(C#N)c43)C2=O)n1.[Mn]. The van der Waals surface area contributed by atoms with Crippen LogP contribution < -0.4 is 15.8 Å². The summed E-state index contributed by atoms with van der Waals surface area (Å²) in [4.78, 5) is 39.9. The molecule has 4 aliphatic rings. The number of hydrogen-bond acceptors (Lipinski definition) is 11. The van der Waals surface area contributed by atoms with Crippen LogP contribution in [0.2, 0.25) is 0 Å². The number of thiophene rings is 1. The largest absolute Gasteiger partial charge is 0.476 e. The number of nitriles is 1. The van der Waals surface area contributed by atoms with Gasteiger partial charge >= 0.3 is 0 Å². The molecule has 0 aromatic carbocycles. The van der Waals surface area contributed by atoms with Gasteiger partial charge in [-0.3, -0.25) is 26.2 Å². The normalized spacial score (nSPS) is 24.1. The van der Waals surface area contributed by atoms with Crippen LogP contribution in [0, 0.1) is 16.7 Å². The van der Waals surface area contributed by atoms with Crippen LogP contribution in [-0.2, 0) is 38.4 Å². The van der Waals surface area contributed by atoms with Crippen LogP contribution in [0.3, 0.4) is 0 Å². The standard InChI is InChI=1S/C32H35N8O4S.Mn/c1-39-11-4-5-21(39)17-44-26-13-25(40-12-8-23(38-40)31(42)35-20-15-43-16-20)36-30(37-26)28(34)22-6-2-9-32(29(22)41)10-3-7-24-27(32)19(14-33)18-45-24;/h8,12-13,20-21H,2-7,9-11,15-17,34H2,1H3,(H,35,42);/q-1;/b28-22-;/t21-,32-;/m0./s1. The minimum Gasteiger partial charge on any atom is -0.476 e. The molecule has 2 aliphatic heterocycles. The van der Waals surface area contributed by atoms with E-state index in [0.29, 0.717) is 61.9 Å². The molecule has 0 bridgehead atoms. The van der Waals surface area contributed by atoms with Gasteiger partial charge in [0.2, 0.25) is 5.88 Å². The molecule has 46 heavy (non-hydrogen) atoms. The molecule has 1 radical (unpaired) electrons. The smallest absolute Gasteiger partial charge is 0.272 e. The van der Waals surface area contributed by atoms with Crippen molar-refractivity contribution in [3.8, 4) is 17.8 Å². The fourth-order valence-corrected chi connectivity index (χ4v) is 8.01. The first-order valence-electron chi connectivity index (χ1n) is 15.5. The Morgan fingerprint density at radius 2 is 2.09 bits per heavy atom. The number of amides is 1. The molecule has 3 N–H and O–H groups in total. The molecule has 0 unspecified atom stereocenters. The Kier molecular flexibility index (Phi) is 9.32. The van der Waals surface area contributed by atoms with Crippen LogP contribution in [0.4, 0.5) is 0 Å². The summed E-state index contributed by atoms with van der Waals surface area (Å²) >= 11 is 1.45. The van der Waals surface area contributed by atoms with Crippen molar-refractivity contribution < 1.29 is 36.1 Å². The van der Waals surface area contributed by atoms with E-state index in [1.807, 2.05) is 0 Å². The van der Waals surface area contributed by atoms with Gasteiger partial charge in [-0.05, 0) is 64.3 Å². The Hall–Kier alpha value is -3.60. The predicted octanol–water partition coefficient (Wildman–Crippen LogP) is 2.69. The number of nitrogens with two attached hydrogens (primary N) is 1. The zero-order chi connectivity index (χ0) is 31.1. The van der Waals surface area contributed by atoms with Crippen LogP contribution in [0.5, 0.6) is 5.88 Å². The van der Waals surface area contributed by atoms with Gasteiger partial charge in [0.15, 0.2) is 23.1 Å². The first-order chi connectivity index (χ1) is 21.9. The number of likely N-dealkylation sites (N-methyl/N-ethyl adjacent to an activating group) is 1. The number of ether oxygens (including phenoxy) is 2. The summed E-state index contributed by atoms with van der Waals surface area (Å²) < 4.78 is 12.8. The van der Waals surface area contributed by atoms with Crippen molar-refractivity contribution in [2.45, 2.75) is 68.9 Å². The zero-order valence-electron chi connectivity index (χ0n) is 25.6. The number of nitrogens with one attached hydrogen (secondary N) is 1. The minimum atomic E-state index is -0.785. The van der Waals surface area contributed by atoms with Gasteiger partial charge in [0.1, 0.15) is 6.61 Å². The van der Waals surface area contributed by atoms with Gasteiger partial charge in [-0.2, -0.15) is 10.1 Å². The summed E-state index contributed by atoms with van der Waals surface area (Å²) in [5.74, 6) is 0.485. The fourth-order valence-electron chi connectivity index (χ4n) is 6.99. The molecule has 7 rings (SSSR count). The maximum atomic E-state index is 14.4. The summed E-state index contributed by atoms with van der Waals surface area (Å²) in [7, 11) is 2.08. The quantitative estimate of drug-likeness (QED) is 0.215. The number of carbonyl (C=O) groups excluding carboxylic acids is 2. The minimum absolute atomic E-state index is 0. The van der Waals surface area contributed by atoms with Crippen LogP contribution in [-0.4, -0.2) is 81.8 Å². The van der Waals surface area contributed by atoms with Crippen molar-refractivity contribution in [2.24, 2.45) is 5.73 Å². The van der Waals surface area contributed by atoms with E-state index in [4.69, 9.17) is 20.2 Å². The van der Waals surface area contributed by atoms with Gasteiger partial charge in [-0.1, -0.05) is 23.8 Å². The van der Waals surface area contributed by atoms with Crippen molar-refractivity contribution in [3.05, 3.63) is 56.8 Å². The van der Waals surface area contributed by atoms with Gasteiger partial charge in [-0.25, -0.2) is 9.67 Å². The Morgan fingerprint density at radius 1 is 1.28 bits per heavy atom. The molecular formula is C32H35MnN8O4S-. The second-order valence-electron chi connectivity index (χ2n) is 12.3. The number of ketones is 1. The molecule has 2 saturated heterocycles. The van der Waals surface area contributed by atoms with Gasteiger partial charge in [0.25, 0.3) is 5.91 Å². The molecule has 12 nitrogen and oxygen atoms in total. The number of allylic oxidation sites excluding steroid dienone is 1. The van der Waals surface area contributed by atoms with E-state index in [-0.39, 0.29) is 58.1 Å². The summed E-state index contributed by atoms with van der Waals surface area (Å²) in [5.41, 5.74) is 8.23. The topological polar surface area (TPSA) is 161 Å². The molecule has 14 heteroatoms.